The molecule has 0 bridgehead atoms. The maximum Gasteiger partial charge on any atom is 0.0546 e. The summed E-state index contributed by atoms with van der Waals surface area (Å²) in [6.45, 7) is 4.73. The second-order valence-corrected chi connectivity index (χ2v) is 15.4. The van der Waals surface area contributed by atoms with Crippen LogP contribution in [0.4, 0.5) is 17.1 Å². The lowest BCUT2D eigenvalue weighted by Gasteiger charge is -2.29. The minimum Gasteiger partial charge on any atom is -0.310 e. The number of hydrogen-bond acceptors (Lipinski definition) is 1. The summed E-state index contributed by atoms with van der Waals surface area (Å²) in [6.07, 6.45) is 0. The van der Waals surface area contributed by atoms with Crippen molar-refractivity contribution in [3.05, 3.63) is 223 Å². The summed E-state index contributed by atoms with van der Waals surface area (Å²) in [7, 11) is 0. The van der Waals surface area contributed by atoms with Gasteiger partial charge in [0.1, 0.15) is 0 Å². The first-order valence-corrected chi connectivity index (χ1v) is 19.5. The Morgan fingerprint density at radius 3 is 1.68 bits per heavy atom. The van der Waals surface area contributed by atoms with Gasteiger partial charge in [-0.2, -0.15) is 0 Å². The van der Waals surface area contributed by atoms with E-state index < -0.39 is 0 Å². The highest BCUT2D eigenvalue weighted by Gasteiger charge is 2.37. The lowest BCUT2D eigenvalue weighted by molar-refractivity contribution is 0.662. The average Bonchev–Trinajstić information content (AvgIpc) is 3.50. The van der Waals surface area contributed by atoms with Crippen molar-refractivity contribution in [2.45, 2.75) is 19.3 Å². The van der Waals surface area contributed by atoms with Gasteiger partial charge in [-0.15, -0.1) is 0 Å². The van der Waals surface area contributed by atoms with Crippen molar-refractivity contribution in [2.24, 2.45) is 0 Å². The van der Waals surface area contributed by atoms with Gasteiger partial charge >= 0.3 is 0 Å². The molecule has 0 heterocycles. The Labute approximate surface area is 329 Å². The molecule has 0 saturated carbocycles. The van der Waals surface area contributed by atoms with Crippen LogP contribution in [-0.2, 0) is 5.41 Å². The molecule has 10 rings (SSSR count). The van der Waals surface area contributed by atoms with E-state index in [1.165, 1.54) is 77.5 Å². The van der Waals surface area contributed by atoms with Crippen LogP contribution >= 0.6 is 0 Å². The van der Waals surface area contributed by atoms with Gasteiger partial charge < -0.3 is 4.90 Å². The molecule has 0 atom stereocenters. The Bertz CT molecular complexity index is 2870. The van der Waals surface area contributed by atoms with Crippen molar-refractivity contribution < 1.29 is 0 Å². The molecule has 1 aliphatic carbocycles. The van der Waals surface area contributed by atoms with E-state index in [9.17, 15) is 0 Å². The Hall–Kier alpha value is -6.96. The fraction of sp³-hybridized carbons (Fsp3) is 0.0545. The molecule has 0 unspecified atom stereocenters. The van der Waals surface area contributed by atoms with Crippen LogP contribution in [0.25, 0.3) is 66.4 Å². The third-order valence-corrected chi connectivity index (χ3v) is 11.6. The van der Waals surface area contributed by atoms with Gasteiger partial charge in [-0.25, -0.2) is 0 Å². The molecule has 1 nitrogen and oxygen atoms in total. The molecule has 1 aliphatic rings. The highest BCUT2D eigenvalue weighted by atomic mass is 15.1. The van der Waals surface area contributed by atoms with Crippen LogP contribution in [0, 0.1) is 0 Å². The summed E-state index contributed by atoms with van der Waals surface area (Å²) in [5.41, 5.74) is 18.3. The van der Waals surface area contributed by atoms with E-state index in [-0.39, 0.29) is 5.41 Å². The van der Waals surface area contributed by atoms with Crippen LogP contribution in [-0.4, -0.2) is 0 Å². The summed E-state index contributed by atoms with van der Waals surface area (Å²) in [5.74, 6) is 0. The van der Waals surface area contributed by atoms with Crippen molar-refractivity contribution in [3.63, 3.8) is 0 Å². The normalized spacial score (nSPS) is 12.6. The van der Waals surface area contributed by atoms with Crippen LogP contribution in [0.2, 0.25) is 0 Å². The summed E-state index contributed by atoms with van der Waals surface area (Å²) in [5, 5.41) is 2.48. The molecular weight excluding hydrogens is 675 g/mol. The van der Waals surface area contributed by atoms with Gasteiger partial charge in [0.05, 0.1) is 5.69 Å². The maximum absolute atomic E-state index is 2.44. The molecule has 1 heteroatoms. The maximum atomic E-state index is 2.44. The first-order valence-electron chi connectivity index (χ1n) is 19.5. The van der Waals surface area contributed by atoms with Gasteiger partial charge in [-0.05, 0) is 108 Å². The molecule has 0 fully saturated rings. The van der Waals surface area contributed by atoms with Crippen LogP contribution in [0.1, 0.15) is 25.0 Å². The molecule has 266 valence electrons. The molecule has 0 spiro atoms. The third-order valence-electron chi connectivity index (χ3n) is 11.6. The van der Waals surface area contributed by atoms with Gasteiger partial charge in [-0.1, -0.05) is 190 Å². The van der Waals surface area contributed by atoms with E-state index in [1.807, 2.05) is 0 Å². The molecule has 0 aliphatic heterocycles. The summed E-state index contributed by atoms with van der Waals surface area (Å²) >= 11 is 0. The minimum absolute atomic E-state index is 0.0983. The van der Waals surface area contributed by atoms with Crippen molar-refractivity contribution >= 4 is 27.8 Å². The standard InChI is InChI=1S/C55H41N/c1-55(2)52-26-12-11-23-50(52)51-25-14-24-49(54(51)55)41-29-32-46(33-30-41)56(47-22-13-21-43(36-47)38-15-5-3-6-16-38)53-37-45(31-34-48(53)40-18-7-4-8-19-40)44-28-27-39-17-9-10-20-42(39)35-44/h3-37H,1-2H3. The van der Waals surface area contributed by atoms with E-state index in [0.717, 1.165) is 17.1 Å². The zero-order chi connectivity index (χ0) is 37.6. The van der Waals surface area contributed by atoms with Crippen molar-refractivity contribution in [3.8, 4) is 55.6 Å². The highest BCUT2D eigenvalue weighted by Crippen LogP contribution is 2.52. The predicted octanol–water partition coefficient (Wildman–Crippen LogP) is 15.3. The number of rotatable bonds is 7. The van der Waals surface area contributed by atoms with E-state index in [0.29, 0.717) is 0 Å². The van der Waals surface area contributed by atoms with E-state index in [4.69, 9.17) is 0 Å². The number of anilines is 3. The third kappa shape index (κ3) is 5.81. The number of benzene rings is 9. The summed E-state index contributed by atoms with van der Waals surface area (Å²) in [6, 6.07) is 77.6. The number of nitrogens with zero attached hydrogens (tertiary/aromatic N) is 1. The SMILES string of the molecule is CC1(C)c2ccccc2-c2cccc(-c3ccc(N(c4cccc(-c5ccccc5)c4)c4cc(-c5ccc6ccccc6c5)ccc4-c4ccccc4)cc3)c21. The molecule has 0 saturated heterocycles. The van der Waals surface area contributed by atoms with E-state index >= 15 is 0 Å². The average molecular weight is 716 g/mol. The van der Waals surface area contributed by atoms with E-state index in [2.05, 4.69) is 231 Å². The predicted molar refractivity (Wildman–Crippen MR) is 238 cm³/mol. The van der Waals surface area contributed by atoms with Gasteiger partial charge in [0.15, 0.2) is 0 Å². The topological polar surface area (TPSA) is 3.24 Å². The molecule has 0 aromatic heterocycles. The van der Waals surface area contributed by atoms with Gasteiger partial charge in [0.25, 0.3) is 0 Å². The lowest BCUT2D eigenvalue weighted by Crippen LogP contribution is -2.16. The monoisotopic (exact) mass is 715 g/mol. The second kappa shape index (κ2) is 13.7. The molecule has 9 aromatic carbocycles. The van der Waals surface area contributed by atoms with Gasteiger partial charge in [-0.3, -0.25) is 0 Å². The first kappa shape index (κ1) is 33.6. The molecule has 0 N–H and O–H groups in total. The van der Waals surface area contributed by atoms with Crippen LogP contribution in [0.15, 0.2) is 212 Å². The Morgan fingerprint density at radius 1 is 0.321 bits per heavy atom. The second-order valence-electron chi connectivity index (χ2n) is 15.4. The van der Waals surface area contributed by atoms with Crippen molar-refractivity contribution in [1.29, 1.82) is 0 Å². The van der Waals surface area contributed by atoms with Crippen molar-refractivity contribution in [1.82, 2.24) is 0 Å². The molecule has 56 heavy (non-hydrogen) atoms. The molecule has 9 aromatic rings. The highest BCUT2D eigenvalue weighted by molar-refractivity contribution is 5.94. The number of hydrogen-bond donors (Lipinski definition) is 0. The smallest absolute Gasteiger partial charge is 0.0546 e. The fourth-order valence-electron chi connectivity index (χ4n) is 8.89. The molecular formula is C55H41N. The zero-order valence-corrected chi connectivity index (χ0v) is 31.7. The van der Waals surface area contributed by atoms with Gasteiger partial charge in [0, 0.05) is 22.4 Å². The van der Waals surface area contributed by atoms with Crippen LogP contribution in [0.5, 0.6) is 0 Å². The quantitative estimate of drug-likeness (QED) is 0.159. The Balaban J connectivity index is 1.16. The fourth-order valence-corrected chi connectivity index (χ4v) is 8.89. The van der Waals surface area contributed by atoms with Crippen LogP contribution < -0.4 is 4.90 Å². The largest absolute Gasteiger partial charge is 0.310 e. The lowest BCUT2D eigenvalue weighted by atomic mass is 9.79. The first-order chi connectivity index (χ1) is 27.5. The van der Waals surface area contributed by atoms with E-state index in [1.54, 1.807) is 0 Å². The summed E-state index contributed by atoms with van der Waals surface area (Å²) < 4.78 is 0. The molecule has 0 amide bonds. The Morgan fingerprint density at radius 2 is 0.875 bits per heavy atom. The van der Waals surface area contributed by atoms with Crippen molar-refractivity contribution in [2.75, 3.05) is 4.90 Å². The molecule has 0 radical (unpaired) electrons. The Kier molecular flexibility index (Phi) is 8.23. The van der Waals surface area contributed by atoms with Crippen LogP contribution in [0.3, 0.4) is 0 Å². The van der Waals surface area contributed by atoms with Gasteiger partial charge in [0.2, 0.25) is 0 Å². The number of fused-ring (bicyclic) bond motifs is 4. The summed E-state index contributed by atoms with van der Waals surface area (Å²) in [4.78, 5) is 2.44. The minimum atomic E-state index is -0.0983. The zero-order valence-electron chi connectivity index (χ0n) is 31.7.